The Hall–Kier alpha value is -1.55. The van der Waals surface area contributed by atoms with Crippen LogP contribution in [0.3, 0.4) is 0 Å². The second-order valence-electron chi connectivity index (χ2n) is 6.66. The number of nitrogens with zero attached hydrogens (tertiary/aromatic N) is 2. The lowest BCUT2D eigenvalue weighted by molar-refractivity contribution is -0.119. The molecule has 1 aromatic carbocycles. The minimum atomic E-state index is 0.135. The van der Waals surface area contributed by atoms with Crippen molar-refractivity contribution in [3.05, 3.63) is 24.3 Å². The van der Waals surface area contributed by atoms with Gasteiger partial charge in [0, 0.05) is 26.6 Å². The average Bonchev–Trinajstić information content (AvgIpc) is 2.46. The van der Waals surface area contributed by atoms with Crippen molar-refractivity contribution in [3.8, 4) is 0 Å². The van der Waals surface area contributed by atoms with Crippen molar-refractivity contribution in [2.75, 3.05) is 36.5 Å². The number of benzene rings is 1. The van der Waals surface area contributed by atoms with Crippen LogP contribution in [0, 0.1) is 5.41 Å². The number of carbonyl (C=O) groups is 1. The Balaban J connectivity index is 2.06. The summed E-state index contributed by atoms with van der Waals surface area (Å²) in [5, 5.41) is 0. The van der Waals surface area contributed by atoms with Crippen LogP contribution in [0.2, 0.25) is 0 Å². The zero-order valence-corrected chi connectivity index (χ0v) is 13.4. The highest BCUT2D eigenvalue weighted by atomic mass is 16.2. The molecular weight excluding hydrogens is 262 g/mol. The largest absolute Gasteiger partial charge is 0.371 e. The number of amides is 1. The summed E-state index contributed by atoms with van der Waals surface area (Å²) in [5.74, 6) is 0.223. The fraction of sp³-hybridized carbons (Fsp3) is 0.588. The highest BCUT2D eigenvalue weighted by Crippen LogP contribution is 2.33. The van der Waals surface area contributed by atoms with Crippen molar-refractivity contribution < 1.29 is 4.79 Å². The molecule has 0 aliphatic carbocycles. The quantitative estimate of drug-likeness (QED) is 0.906. The van der Waals surface area contributed by atoms with Crippen LogP contribution in [-0.4, -0.2) is 32.6 Å². The van der Waals surface area contributed by atoms with Gasteiger partial charge in [-0.3, -0.25) is 4.79 Å². The summed E-state index contributed by atoms with van der Waals surface area (Å²) < 4.78 is 0. The summed E-state index contributed by atoms with van der Waals surface area (Å²) in [6.07, 6.45) is 2.43. The predicted octanol–water partition coefficient (Wildman–Crippen LogP) is 2.62. The topological polar surface area (TPSA) is 49.6 Å². The van der Waals surface area contributed by atoms with Crippen molar-refractivity contribution in [2.45, 2.75) is 33.1 Å². The van der Waals surface area contributed by atoms with E-state index in [1.165, 1.54) is 0 Å². The summed E-state index contributed by atoms with van der Waals surface area (Å²) in [4.78, 5) is 16.7. The first-order valence-corrected chi connectivity index (χ1v) is 7.75. The molecule has 0 atom stereocenters. The predicted molar refractivity (Wildman–Crippen MR) is 88.8 cm³/mol. The Bertz CT molecular complexity index is 499. The van der Waals surface area contributed by atoms with Crippen LogP contribution in [0.5, 0.6) is 0 Å². The van der Waals surface area contributed by atoms with E-state index in [9.17, 15) is 4.79 Å². The van der Waals surface area contributed by atoms with E-state index >= 15 is 0 Å². The number of hydrogen-bond acceptors (Lipinski definition) is 3. The van der Waals surface area contributed by atoms with Gasteiger partial charge in [0.05, 0.1) is 11.4 Å². The number of fused-ring (bicyclic) bond motifs is 1. The minimum absolute atomic E-state index is 0.135. The van der Waals surface area contributed by atoms with Gasteiger partial charge in [0.25, 0.3) is 0 Å². The third-order valence-corrected chi connectivity index (χ3v) is 4.38. The van der Waals surface area contributed by atoms with E-state index in [0.29, 0.717) is 13.0 Å². The standard InChI is InChI=1S/C17H27N3O/c1-17(2,10-11-18)9-8-16(21)20-13-12-19(3)14-6-4-5-7-15(14)20/h4-7H,8-13,18H2,1-3H3. The molecule has 0 saturated heterocycles. The van der Waals surface area contributed by atoms with Gasteiger partial charge in [-0.2, -0.15) is 0 Å². The van der Waals surface area contributed by atoms with Crippen LogP contribution < -0.4 is 15.5 Å². The number of hydrogen-bond donors (Lipinski definition) is 1. The maximum atomic E-state index is 12.6. The smallest absolute Gasteiger partial charge is 0.227 e. The van der Waals surface area contributed by atoms with Gasteiger partial charge in [-0.25, -0.2) is 0 Å². The van der Waals surface area contributed by atoms with Crippen LogP contribution in [-0.2, 0) is 4.79 Å². The first-order chi connectivity index (χ1) is 9.94. The molecule has 2 N–H and O–H groups in total. The average molecular weight is 289 g/mol. The van der Waals surface area contributed by atoms with Crippen molar-refractivity contribution in [1.82, 2.24) is 0 Å². The zero-order chi connectivity index (χ0) is 15.5. The Labute approximate surface area is 127 Å². The maximum absolute atomic E-state index is 12.6. The normalized spacial score (nSPS) is 15.0. The molecule has 0 bridgehead atoms. The number of anilines is 2. The van der Waals surface area contributed by atoms with E-state index in [0.717, 1.165) is 37.3 Å². The van der Waals surface area contributed by atoms with E-state index in [1.807, 2.05) is 23.1 Å². The van der Waals surface area contributed by atoms with E-state index in [-0.39, 0.29) is 11.3 Å². The van der Waals surface area contributed by atoms with Crippen molar-refractivity contribution in [1.29, 1.82) is 0 Å². The highest BCUT2D eigenvalue weighted by Gasteiger charge is 2.26. The summed E-state index contributed by atoms with van der Waals surface area (Å²) in [6.45, 7) is 6.70. The fourth-order valence-electron chi connectivity index (χ4n) is 2.86. The first-order valence-electron chi connectivity index (χ1n) is 7.75. The van der Waals surface area contributed by atoms with Crippen molar-refractivity contribution >= 4 is 17.3 Å². The SMILES string of the molecule is CN1CCN(C(=O)CCC(C)(C)CCN)c2ccccc21. The van der Waals surface area contributed by atoms with Crippen LogP contribution in [0.15, 0.2) is 24.3 Å². The summed E-state index contributed by atoms with van der Waals surface area (Å²) in [5.41, 5.74) is 7.95. The molecule has 116 valence electrons. The minimum Gasteiger partial charge on any atom is -0.371 e. The summed E-state index contributed by atoms with van der Waals surface area (Å²) in [6, 6.07) is 8.13. The lowest BCUT2D eigenvalue weighted by Crippen LogP contribution is -2.42. The molecule has 2 rings (SSSR count). The number of likely N-dealkylation sites (N-methyl/N-ethyl adjacent to an activating group) is 1. The molecule has 0 spiro atoms. The number of rotatable bonds is 5. The number of para-hydroxylation sites is 2. The Morgan fingerprint density at radius 1 is 1.19 bits per heavy atom. The molecule has 1 aromatic rings. The monoisotopic (exact) mass is 289 g/mol. The molecule has 21 heavy (non-hydrogen) atoms. The lowest BCUT2D eigenvalue weighted by Gasteiger charge is -2.36. The Morgan fingerprint density at radius 3 is 2.52 bits per heavy atom. The van der Waals surface area contributed by atoms with E-state index < -0.39 is 0 Å². The molecule has 4 nitrogen and oxygen atoms in total. The van der Waals surface area contributed by atoms with Crippen LogP contribution in [0.1, 0.15) is 33.1 Å². The van der Waals surface area contributed by atoms with Gasteiger partial charge in [0.15, 0.2) is 0 Å². The molecule has 1 aliphatic heterocycles. The number of carbonyl (C=O) groups excluding carboxylic acids is 1. The molecule has 1 aliphatic rings. The second kappa shape index (κ2) is 6.48. The van der Waals surface area contributed by atoms with Crippen LogP contribution in [0.25, 0.3) is 0 Å². The van der Waals surface area contributed by atoms with Crippen molar-refractivity contribution in [3.63, 3.8) is 0 Å². The maximum Gasteiger partial charge on any atom is 0.227 e. The molecule has 0 unspecified atom stereocenters. The van der Waals surface area contributed by atoms with Gasteiger partial charge < -0.3 is 15.5 Å². The zero-order valence-electron chi connectivity index (χ0n) is 13.4. The molecule has 1 amide bonds. The molecule has 0 aromatic heterocycles. The van der Waals surface area contributed by atoms with Gasteiger partial charge in [-0.15, -0.1) is 0 Å². The van der Waals surface area contributed by atoms with Crippen LogP contribution >= 0.6 is 0 Å². The molecule has 4 heteroatoms. The van der Waals surface area contributed by atoms with Crippen LogP contribution in [0.4, 0.5) is 11.4 Å². The molecule has 0 saturated carbocycles. The van der Waals surface area contributed by atoms with Crippen molar-refractivity contribution in [2.24, 2.45) is 11.1 Å². The highest BCUT2D eigenvalue weighted by molar-refractivity contribution is 5.97. The van der Waals surface area contributed by atoms with Gasteiger partial charge >= 0.3 is 0 Å². The van der Waals surface area contributed by atoms with Gasteiger partial charge in [0.2, 0.25) is 5.91 Å². The lowest BCUT2D eigenvalue weighted by atomic mass is 9.84. The summed E-state index contributed by atoms with van der Waals surface area (Å²) >= 11 is 0. The second-order valence-corrected chi connectivity index (χ2v) is 6.66. The summed E-state index contributed by atoms with van der Waals surface area (Å²) in [7, 11) is 2.07. The van der Waals surface area contributed by atoms with E-state index in [2.05, 4.69) is 31.9 Å². The van der Waals surface area contributed by atoms with Gasteiger partial charge in [0.1, 0.15) is 0 Å². The third-order valence-electron chi connectivity index (χ3n) is 4.38. The van der Waals surface area contributed by atoms with Gasteiger partial charge in [-0.05, 0) is 36.9 Å². The Morgan fingerprint density at radius 2 is 1.86 bits per heavy atom. The number of nitrogens with two attached hydrogens (primary N) is 1. The molecular formula is C17H27N3O. The molecule has 1 heterocycles. The van der Waals surface area contributed by atoms with E-state index in [4.69, 9.17) is 5.73 Å². The Kier molecular flexibility index (Phi) is 4.88. The molecule has 0 radical (unpaired) electrons. The third kappa shape index (κ3) is 3.76. The van der Waals surface area contributed by atoms with E-state index in [1.54, 1.807) is 0 Å². The fourth-order valence-corrected chi connectivity index (χ4v) is 2.86. The van der Waals surface area contributed by atoms with Gasteiger partial charge in [-0.1, -0.05) is 26.0 Å². The molecule has 0 fully saturated rings. The first kappa shape index (κ1) is 15.8.